The maximum Gasteiger partial charge on any atom is 0.0757 e. The van der Waals surface area contributed by atoms with Crippen LogP contribution in [0.3, 0.4) is 0 Å². The van der Waals surface area contributed by atoms with Crippen LogP contribution < -0.4 is 0 Å². The lowest BCUT2D eigenvalue weighted by Crippen LogP contribution is -1.80. The van der Waals surface area contributed by atoms with Crippen molar-refractivity contribution in [2.75, 3.05) is 6.61 Å². The summed E-state index contributed by atoms with van der Waals surface area (Å²) in [5.41, 5.74) is 0. The van der Waals surface area contributed by atoms with Crippen LogP contribution in [0, 0.1) is 0 Å². The van der Waals surface area contributed by atoms with Crippen LogP contribution in [0.15, 0.2) is 0 Å². The molecule has 1 fully saturated rings. The number of thiol groups is 1. The fourth-order valence-corrected chi connectivity index (χ4v) is 1.15. The van der Waals surface area contributed by atoms with E-state index < -0.39 is 0 Å². The maximum absolute atomic E-state index is 4.90. The molecule has 0 aromatic carbocycles. The van der Waals surface area contributed by atoms with E-state index in [0.717, 1.165) is 13.0 Å². The van der Waals surface area contributed by atoms with Gasteiger partial charge < -0.3 is 4.18 Å². The first-order chi connectivity index (χ1) is 2.89. The van der Waals surface area contributed by atoms with Gasteiger partial charge in [0.2, 0.25) is 0 Å². The quantitative estimate of drug-likeness (QED) is 0.383. The smallest absolute Gasteiger partial charge is 0.0757 e. The summed E-state index contributed by atoms with van der Waals surface area (Å²) in [7, 11) is 0. The van der Waals surface area contributed by atoms with E-state index in [9.17, 15) is 0 Å². The lowest BCUT2D eigenvalue weighted by molar-refractivity contribution is 0.404. The molecule has 0 aromatic heterocycles. The van der Waals surface area contributed by atoms with E-state index in [1.807, 2.05) is 0 Å². The van der Waals surface area contributed by atoms with E-state index in [1.54, 1.807) is 0 Å². The highest BCUT2D eigenvalue weighted by Crippen LogP contribution is 2.26. The highest BCUT2D eigenvalue weighted by atomic mass is 32.2. The van der Waals surface area contributed by atoms with Crippen LogP contribution in [0.25, 0.3) is 0 Å². The molecule has 1 heterocycles. The molecule has 1 atom stereocenters. The van der Waals surface area contributed by atoms with Gasteiger partial charge in [0.15, 0.2) is 0 Å². The zero-order chi connectivity index (χ0) is 4.41. The van der Waals surface area contributed by atoms with Crippen molar-refractivity contribution in [2.24, 2.45) is 0 Å². The molecule has 3 heteroatoms. The van der Waals surface area contributed by atoms with Crippen molar-refractivity contribution >= 4 is 24.7 Å². The van der Waals surface area contributed by atoms with Gasteiger partial charge in [-0.15, -0.1) is 0 Å². The van der Waals surface area contributed by atoms with Gasteiger partial charge >= 0.3 is 0 Å². The lowest BCUT2D eigenvalue weighted by atomic mass is 10.5. The molecule has 0 aliphatic carbocycles. The van der Waals surface area contributed by atoms with Crippen molar-refractivity contribution < 1.29 is 4.18 Å². The summed E-state index contributed by atoms with van der Waals surface area (Å²) in [6, 6.07) is 0. The van der Waals surface area contributed by atoms with Crippen molar-refractivity contribution in [1.29, 1.82) is 0 Å². The Hall–Kier alpha value is 0.660. The van der Waals surface area contributed by atoms with Gasteiger partial charge in [-0.25, -0.2) is 0 Å². The Morgan fingerprint density at radius 2 is 2.67 bits per heavy atom. The van der Waals surface area contributed by atoms with Gasteiger partial charge in [-0.1, -0.05) is 0 Å². The SMILES string of the molecule is SC1CCOS1. The third kappa shape index (κ3) is 1.06. The third-order valence-electron chi connectivity index (χ3n) is 0.627. The first-order valence-corrected chi connectivity index (χ1v) is 3.18. The number of rotatable bonds is 0. The molecular formula is C3H6OS2. The molecule has 0 N–H and O–H groups in total. The molecule has 6 heavy (non-hydrogen) atoms. The predicted octanol–water partition coefficient (Wildman–Crippen LogP) is 1.31. The predicted molar refractivity (Wildman–Crippen MR) is 30.9 cm³/mol. The molecule has 1 nitrogen and oxygen atoms in total. The van der Waals surface area contributed by atoms with Crippen LogP contribution in [0.1, 0.15) is 6.42 Å². The summed E-state index contributed by atoms with van der Waals surface area (Å²) in [5.74, 6) is 0. The Bertz CT molecular complexity index is 42.1. The van der Waals surface area contributed by atoms with Crippen LogP contribution in [-0.4, -0.2) is 11.2 Å². The lowest BCUT2D eigenvalue weighted by Gasteiger charge is -1.86. The van der Waals surface area contributed by atoms with Crippen molar-refractivity contribution in [3.8, 4) is 0 Å². The minimum Gasteiger partial charge on any atom is -0.314 e. The summed E-state index contributed by atoms with van der Waals surface area (Å²) in [6.07, 6.45) is 1.09. The zero-order valence-electron chi connectivity index (χ0n) is 3.26. The largest absolute Gasteiger partial charge is 0.314 e. The molecule has 0 saturated carbocycles. The number of hydrogen-bond acceptors (Lipinski definition) is 3. The highest BCUT2D eigenvalue weighted by Gasteiger charge is 2.10. The summed E-state index contributed by atoms with van der Waals surface area (Å²) in [6.45, 7) is 0.874. The molecule has 0 aromatic rings. The van der Waals surface area contributed by atoms with Gasteiger partial charge in [0, 0.05) is 12.0 Å². The minimum absolute atomic E-state index is 0.435. The Morgan fingerprint density at radius 3 is 2.83 bits per heavy atom. The minimum atomic E-state index is 0.435. The first kappa shape index (κ1) is 4.81. The second-order valence-corrected chi connectivity index (χ2v) is 3.13. The molecule has 36 valence electrons. The molecular weight excluding hydrogens is 116 g/mol. The average molecular weight is 122 g/mol. The van der Waals surface area contributed by atoms with Crippen LogP contribution in [0.4, 0.5) is 0 Å². The zero-order valence-corrected chi connectivity index (χ0v) is 4.97. The normalized spacial score (nSPS) is 34.5. The Kier molecular flexibility index (Phi) is 1.68. The van der Waals surface area contributed by atoms with Gasteiger partial charge in [0.05, 0.1) is 11.2 Å². The molecule has 1 saturated heterocycles. The van der Waals surface area contributed by atoms with E-state index in [-0.39, 0.29) is 0 Å². The molecule has 1 unspecified atom stereocenters. The molecule has 0 bridgehead atoms. The van der Waals surface area contributed by atoms with E-state index in [0.29, 0.717) is 4.58 Å². The van der Waals surface area contributed by atoms with E-state index in [2.05, 4.69) is 12.6 Å². The maximum atomic E-state index is 4.90. The Balaban J connectivity index is 2.18. The summed E-state index contributed by atoms with van der Waals surface area (Å²) >= 11 is 5.59. The van der Waals surface area contributed by atoms with Crippen LogP contribution >= 0.6 is 24.7 Å². The van der Waals surface area contributed by atoms with Crippen molar-refractivity contribution in [1.82, 2.24) is 0 Å². The molecule has 1 aliphatic heterocycles. The van der Waals surface area contributed by atoms with Crippen molar-refractivity contribution in [3.05, 3.63) is 0 Å². The van der Waals surface area contributed by atoms with Gasteiger partial charge in [0.1, 0.15) is 0 Å². The number of hydrogen-bond donors (Lipinski definition) is 1. The first-order valence-electron chi connectivity index (χ1n) is 1.86. The summed E-state index contributed by atoms with van der Waals surface area (Å²) in [5, 5.41) is 0. The van der Waals surface area contributed by atoms with E-state index in [4.69, 9.17) is 4.18 Å². The van der Waals surface area contributed by atoms with Gasteiger partial charge in [-0.05, 0) is 6.42 Å². The Labute approximate surface area is 47.1 Å². The van der Waals surface area contributed by atoms with Crippen LogP contribution in [-0.2, 0) is 4.18 Å². The second-order valence-electron chi connectivity index (χ2n) is 1.16. The third-order valence-corrected chi connectivity index (χ3v) is 1.90. The molecule has 0 radical (unpaired) electrons. The van der Waals surface area contributed by atoms with Crippen molar-refractivity contribution in [3.63, 3.8) is 0 Å². The second kappa shape index (κ2) is 2.09. The average Bonchev–Trinajstić information content (AvgIpc) is 1.86. The van der Waals surface area contributed by atoms with Crippen LogP contribution in [0.5, 0.6) is 0 Å². The fraction of sp³-hybridized carbons (Fsp3) is 1.00. The fourth-order valence-electron chi connectivity index (χ4n) is 0.324. The van der Waals surface area contributed by atoms with Crippen LogP contribution in [0.2, 0.25) is 0 Å². The standard InChI is InChI=1S/C3H6OS2/c5-3-1-2-4-6-3/h3,5H,1-2H2. The molecule has 1 aliphatic rings. The van der Waals surface area contributed by atoms with E-state index >= 15 is 0 Å². The topological polar surface area (TPSA) is 9.23 Å². The van der Waals surface area contributed by atoms with Gasteiger partial charge in [-0.3, -0.25) is 0 Å². The summed E-state index contributed by atoms with van der Waals surface area (Å²) in [4.78, 5) is 0. The van der Waals surface area contributed by atoms with Gasteiger partial charge in [-0.2, -0.15) is 12.6 Å². The summed E-state index contributed by atoms with van der Waals surface area (Å²) < 4.78 is 5.33. The van der Waals surface area contributed by atoms with Gasteiger partial charge in [0.25, 0.3) is 0 Å². The molecule has 0 amide bonds. The van der Waals surface area contributed by atoms with E-state index in [1.165, 1.54) is 12.0 Å². The monoisotopic (exact) mass is 122 g/mol. The van der Waals surface area contributed by atoms with Crippen molar-refractivity contribution in [2.45, 2.75) is 11.0 Å². The Morgan fingerprint density at radius 1 is 1.83 bits per heavy atom. The highest BCUT2D eigenvalue weighted by molar-refractivity contribution is 8.07. The molecule has 0 spiro atoms. The molecule has 1 rings (SSSR count).